The molecule has 5 heteroatoms. The molecule has 2 rings (SSSR count). The molecule has 1 aliphatic rings. The van der Waals surface area contributed by atoms with Gasteiger partial charge in [-0.3, -0.25) is 9.78 Å². The topological polar surface area (TPSA) is 88.2 Å². The second-order valence-corrected chi connectivity index (χ2v) is 5.11. The minimum absolute atomic E-state index is 0.0136. The second kappa shape index (κ2) is 6.52. The fourth-order valence-corrected chi connectivity index (χ4v) is 2.73. The number of hydrogen-bond donors (Lipinski definition) is 3. The Kier molecular flexibility index (Phi) is 4.74. The number of aromatic hydroxyl groups is 1. The SMILES string of the molecule is NCC(NC(=O)c1ccncc1O)C1CCCCC1. The number of carbonyl (C=O) groups is 1. The molecule has 19 heavy (non-hydrogen) atoms. The van der Waals surface area contributed by atoms with Crippen molar-refractivity contribution >= 4 is 5.91 Å². The zero-order valence-electron chi connectivity index (χ0n) is 11.0. The van der Waals surface area contributed by atoms with Gasteiger partial charge in [-0.1, -0.05) is 19.3 Å². The highest BCUT2D eigenvalue weighted by atomic mass is 16.3. The van der Waals surface area contributed by atoms with Crippen molar-refractivity contribution in [3.05, 3.63) is 24.0 Å². The maximum atomic E-state index is 12.1. The van der Waals surface area contributed by atoms with E-state index in [1.54, 1.807) is 0 Å². The van der Waals surface area contributed by atoms with Crippen molar-refractivity contribution in [2.45, 2.75) is 38.1 Å². The first-order valence-corrected chi connectivity index (χ1v) is 6.86. The van der Waals surface area contributed by atoms with E-state index in [9.17, 15) is 9.90 Å². The molecule has 1 atom stereocenters. The summed E-state index contributed by atoms with van der Waals surface area (Å²) in [5.74, 6) is 0.0759. The van der Waals surface area contributed by atoms with Crippen molar-refractivity contribution in [1.82, 2.24) is 10.3 Å². The Morgan fingerprint density at radius 1 is 1.47 bits per heavy atom. The van der Waals surface area contributed by atoms with Gasteiger partial charge >= 0.3 is 0 Å². The van der Waals surface area contributed by atoms with Gasteiger partial charge in [-0.2, -0.15) is 0 Å². The molecule has 1 unspecified atom stereocenters. The zero-order valence-corrected chi connectivity index (χ0v) is 11.0. The first-order valence-electron chi connectivity index (χ1n) is 6.86. The number of carbonyl (C=O) groups excluding carboxylic acids is 1. The van der Waals surface area contributed by atoms with Gasteiger partial charge in [-0.05, 0) is 24.8 Å². The maximum absolute atomic E-state index is 12.1. The van der Waals surface area contributed by atoms with Gasteiger partial charge in [-0.15, -0.1) is 0 Å². The summed E-state index contributed by atoms with van der Waals surface area (Å²) in [6.07, 6.45) is 8.68. The van der Waals surface area contributed by atoms with Crippen LogP contribution < -0.4 is 11.1 Å². The minimum atomic E-state index is -0.277. The summed E-state index contributed by atoms with van der Waals surface area (Å²) in [6, 6.07) is 1.50. The van der Waals surface area contributed by atoms with Crippen LogP contribution in [0.5, 0.6) is 5.75 Å². The van der Waals surface area contributed by atoms with Gasteiger partial charge < -0.3 is 16.2 Å². The molecule has 1 amide bonds. The molecule has 0 spiro atoms. The maximum Gasteiger partial charge on any atom is 0.255 e. The van der Waals surface area contributed by atoms with Crippen molar-refractivity contribution < 1.29 is 9.90 Å². The molecule has 0 aromatic carbocycles. The Morgan fingerprint density at radius 3 is 2.84 bits per heavy atom. The summed E-state index contributed by atoms with van der Waals surface area (Å²) in [7, 11) is 0. The normalized spacial score (nSPS) is 17.9. The predicted octanol–water partition coefficient (Wildman–Crippen LogP) is 1.42. The number of pyridine rings is 1. The molecule has 1 saturated carbocycles. The van der Waals surface area contributed by atoms with Crippen molar-refractivity contribution in [2.75, 3.05) is 6.54 Å². The van der Waals surface area contributed by atoms with E-state index < -0.39 is 0 Å². The van der Waals surface area contributed by atoms with Crippen molar-refractivity contribution in [3.8, 4) is 5.75 Å². The standard InChI is InChI=1S/C14H21N3O2/c15-8-12(10-4-2-1-3-5-10)17-14(19)11-6-7-16-9-13(11)18/h6-7,9-10,12,18H,1-5,8,15H2,(H,17,19). The number of nitrogens with two attached hydrogens (primary N) is 1. The molecule has 5 nitrogen and oxygen atoms in total. The van der Waals surface area contributed by atoms with Gasteiger partial charge in [0.1, 0.15) is 5.75 Å². The molecule has 1 aromatic heterocycles. The van der Waals surface area contributed by atoms with E-state index in [4.69, 9.17) is 5.73 Å². The molecular weight excluding hydrogens is 242 g/mol. The van der Waals surface area contributed by atoms with Crippen LogP contribution in [-0.2, 0) is 0 Å². The lowest BCUT2D eigenvalue weighted by atomic mass is 9.84. The molecule has 1 fully saturated rings. The van der Waals surface area contributed by atoms with Crippen LogP contribution in [0.15, 0.2) is 18.5 Å². The zero-order chi connectivity index (χ0) is 13.7. The summed E-state index contributed by atoms with van der Waals surface area (Å²) in [4.78, 5) is 15.9. The van der Waals surface area contributed by atoms with E-state index in [1.165, 1.54) is 37.7 Å². The van der Waals surface area contributed by atoms with Gasteiger partial charge in [0.15, 0.2) is 0 Å². The third-order valence-electron chi connectivity index (χ3n) is 3.83. The first-order chi connectivity index (χ1) is 9.22. The Labute approximate surface area is 113 Å². The van der Waals surface area contributed by atoms with Crippen LogP contribution in [0.2, 0.25) is 0 Å². The summed E-state index contributed by atoms with van der Waals surface area (Å²) < 4.78 is 0. The Morgan fingerprint density at radius 2 is 2.21 bits per heavy atom. The molecule has 0 radical (unpaired) electrons. The third-order valence-corrected chi connectivity index (χ3v) is 3.83. The van der Waals surface area contributed by atoms with Gasteiger partial charge in [0.2, 0.25) is 0 Å². The number of amides is 1. The van der Waals surface area contributed by atoms with Crippen LogP contribution in [0.1, 0.15) is 42.5 Å². The highest BCUT2D eigenvalue weighted by molar-refractivity contribution is 5.96. The molecule has 104 valence electrons. The van der Waals surface area contributed by atoms with Crippen molar-refractivity contribution in [1.29, 1.82) is 0 Å². The molecule has 0 bridgehead atoms. The van der Waals surface area contributed by atoms with E-state index in [0.29, 0.717) is 12.5 Å². The van der Waals surface area contributed by atoms with Gasteiger partial charge in [0.05, 0.1) is 11.8 Å². The minimum Gasteiger partial charge on any atom is -0.505 e. The van der Waals surface area contributed by atoms with E-state index in [1.807, 2.05) is 0 Å². The Balaban J connectivity index is 2.01. The third kappa shape index (κ3) is 3.44. The number of nitrogens with zero attached hydrogens (tertiary/aromatic N) is 1. The number of nitrogens with one attached hydrogen (secondary N) is 1. The molecule has 0 aliphatic heterocycles. The molecule has 4 N–H and O–H groups in total. The predicted molar refractivity (Wildman–Crippen MR) is 72.8 cm³/mol. The highest BCUT2D eigenvalue weighted by Crippen LogP contribution is 2.26. The fraction of sp³-hybridized carbons (Fsp3) is 0.571. The van der Waals surface area contributed by atoms with E-state index in [0.717, 1.165) is 12.8 Å². The second-order valence-electron chi connectivity index (χ2n) is 5.11. The lowest BCUT2D eigenvalue weighted by molar-refractivity contribution is 0.0912. The van der Waals surface area contributed by atoms with Crippen LogP contribution in [-0.4, -0.2) is 28.6 Å². The quantitative estimate of drug-likeness (QED) is 0.766. The van der Waals surface area contributed by atoms with Crippen LogP contribution in [0.25, 0.3) is 0 Å². The average molecular weight is 263 g/mol. The smallest absolute Gasteiger partial charge is 0.255 e. The molecule has 1 aromatic rings. The molecule has 1 heterocycles. The molecule has 0 saturated heterocycles. The number of hydrogen-bond acceptors (Lipinski definition) is 4. The molecule has 1 aliphatic carbocycles. The lowest BCUT2D eigenvalue weighted by Crippen LogP contribution is -2.45. The van der Waals surface area contributed by atoms with Crippen LogP contribution in [0.3, 0.4) is 0 Å². The monoisotopic (exact) mass is 263 g/mol. The largest absolute Gasteiger partial charge is 0.505 e. The van der Waals surface area contributed by atoms with Crippen LogP contribution >= 0.6 is 0 Å². The van der Waals surface area contributed by atoms with E-state index >= 15 is 0 Å². The number of rotatable bonds is 4. The highest BCUT2D eigenvalue weighted by Gasteiger charge is 2.25. The first kappa shape index (κ1) is 13.8. The summed E-state index contributed by atoms with van der Waals surface area (Å²) in [6.45, 7) is 0.433. The lowest BCUT2D eigenvalue weighted by Gasteiger charge is -2.30. The summed E-state index contributed by atoms with van der Waals surface area (Å²) >= 11 is 0. The summed E-state index contributed by atoms with van der Waals surface area (Å²) in [5, 5.41) is 12.6. The van der Waals surface area contributed by atoms with E-state index in [-0.39, 0.29) is 23.3 Å². The van der Waals surface area contributed by atoms with Crippen LogP contribution in [0, 0.1) is 5.92 Å². The van der Waals surface area contributed by atoms with Crippen molar-refractivity contribution in [2.24, 2.45) is 11.7 Å². The molecular formula is C14H21N3O2. The van der Waals surface area contributed by atoms with Gasteiger partial charge in [-0.25, -0.2) is 0 Å². The fourth-order valence-electron chi connectivity index (χ4n) is 2.73. The van der Waals surface area contributed by atoms with E-state index in [2.05, 4.69) is 10.3 Å². The van der Waals surface area contributed by atoms with Gasteiger partial charge in [0, 0.05) is 18.8 Å². The van der Waals surface area contributed by atoms with Gasteiger partial charge in [0.25, 0.3) is 5.91 Å². The summed E-state index contributed by atoms with van der Waals surface area (Å²) in [5.41, 5.74) is 6.03. The van der Waals surface area contributed by atoms with Crippen molar-refractivity contribution in [3.63, 3.8) is 0 Å². The number of aromatic nitrogens is 1. The Bertz CT molecular complexity index is 430. The van der Waals surface area contributed by atoms with Crippen LogP contribution in [0.4, 0.5) is 0 Å². The average Bonchev–Trinajstić information content (AvgIpc) is 2.46. The Hall–Kier alpha value is -1.62.